The van der Waals surface area contributed by atoms with Crippen molar-refractivity contribution in [3.63, 3.8) is 0 Å². The summed E-state index contributed by atoms with van der Waals surface area (Å²) in [6.45, 7) is 8.88. The van der Waals surface area contributed by atoms with E-state index in [-0.39, 0.29) is 0 Å². The molecular formula is C19H25N. The standard InChI is InChI=1S/C19H25N/c1-5-16-8-6-7-9-19(16)20-15(4)18-12-10-17(11-13-18)14(2)3/h6-15,20H,5H2,1-4H3. The van der Waals surface area contributed by atoms with Gasteiger partial charge < -0.3 is 5.32 Å². The van der Waals surface area contributed by atoms with E-state index in [9.17, 15) is 0 Å². The minimum Gasteiger partial charge on any atom is -0.378 e. The number of hydrogen-bond donors (Lipinski definition) is 1. The Morgan fingerprint density at radius 2 is 1.45 bits per heavy atom. The third-order valence-corrected chi connectivity index (χ3v) is 3.87. The highest BCUT2D eigenvalue weighted by Gasteiger charge is 2.08. The SMILES string of the molecule is CCc1ccccc1NC(C)c1ccc(C(C)C)cc1. The van der Waals surface area contributed by atoms with Crippen molar-refractivity contribution in [3.05, 3.63) is 65.2 Å². The van der Waals surface area contributed by atoms with E-state index in [0.29, 0.717) is 12.0 Å². The molecule has 0 aliphatic carbocycles. The van der Waals surface area contributed by atoms with Crippen LogP contribution in [-0.4, -0.2) is 0 Å². The summed E-state index contributed by atoms with van der Waals surface area (Å²) in [7, 11) is 0. The molecule has 0 bridgehead atoms. The van der Waals surface area contributed by atoms with Crippen molar-refractivity contribution in [2.45, 2.75) is 46.1 Å². The van der Waals surface area contributed by atoms with Gasteiger partial charge in [0.15, 0.2) is 0 Å². The van der Waals surface area contributed by atoms with E-state index < -0.39 is 0 Å². The summed E-state index contributed by atoms with van der Waals surface area (Å²) in [5.41, 5.74) is 5.35. The summed E-state index contributed by atoms with van der Waals surface area (Å²) in [4.78, 5) is 0. The number of aryl methyl sites for hydroxylation is 1. The van der Waals surface area contributed by atoms with E-state index in [2.05, 4.69) is 81.5 Å². The number of benzene rings is 2. The minimum atomic E-state index is 0.323. The molecule has 0 heterocycles. The Kier molecular flexibility index (Phi) is 4.84. The lowest BCUT2D eigenvalue weighted by molar-refractivity contribution is 0.850. The molecule has 2 aromatic rings. The number of para-hydroxylation sites is 1. The van der Waals surface area contributed by atoms with E-state index in [1.165, 1.54) is 22.4 Å². The fourth-order valence-electron chi connectivity index (χ4n) is 2.46. The summed E-state index contributed by atoms with van der Waals surface area (Å²) >= 11 is 0. The second-order valence-corrected chi connectivity index (χ2v) is 5.70. The van der Waals surface area contributed by atoms with Gasteiger partial charge in [-0.3, -0.25) is 0 Å². The van der Waals surface area contributed by atoms with Gasteiger partial charge in [0.2, 0.25) is 0 Å². The molecule has 2 aromatic carbocycles. The van der Waals surface area contributed by atoms with Crippen LogP contribution in [0.5, 0.6) is 0 Å². The van der Waals surface area contributed by atoms with E-state index in [1.807, 2.05) is 0 Å². The molecule has 1 N–H and O–H groups in total. The molecule has 0 aliphatic heterocycles. The second kappa shape index (κ2) is 6.60. The summed E-state index contributed by atoms with van der Waals surface area (Å²) in [5, 5.41) is 3.63. The highest BCUT2D eigenvalue weighted by Crippen LogP contribution is 2.24. The monoisotopic (exact) mass is 267 g/mol. The lowest BCUT2D eigenvalue weighted by Crippen LogP contribution is -2.08. The second-order valence-electron chi connectivity index (χ2n) is 5.70. The maximum Gasteiger partial charge on any atom is 0.0485 e. The predicted molar refractivity (Wildman–Crippen MR) is 88.4 cm³/mol. The topological polar surface area (TPSA) is 12.0 Å². The van der Waals surface area contributed by atoms with Crippen LogP contribution in [0.1, 0.15) is 56.3 Å². The molecule has 0 radical (unpaired) electrons. The third-order valence-electron chi connectivity index (χ3n) is 3.87. The van der Waals surface area contributed by atoms with Gasteiger partial charge in [0.25, 0.3) is 0 Å². The van der Waals surface area contributed by atoms with Crippen LogP contribution in [0.3, 0.4) is 0 Å². The van der Waals surface area contributed by atoms with Crippen LogP contribution in [-0.2, 0) is 6.42 Å². The fraction of sp³-hybridized carbons (Fsp3) is 0.368. The first-order chi connectivity index (χ1) is 9.61. The van der Waals surface area contributed by atoms with Gasteiger partial charge in [-0.25, -0.2) is 0 Å². The normalized spacial score (nSPS) is 12.4. The van der Waals surface area contributed by atoms with Crippen LogP contribution in [0.2, 0.25) is 0 Å². The molecule has 0 aromatic heterocycles. The lowest BCUT2D eigenvalue weighted by atomic mass is 9.99. The molecule has 1 heteroatoms. The summed E-state index contributed by atoms with van der Waals surface area (Å²) in [6.07, 6.45) is 1.06. The van der Waals surface area contributed by atoms with Gasteiger partial charge >= 0.3 is 0 Å². The van der Waals surface area contributed by atoms with Gasteiger partial charge in [-0.05, 0) is 42.0 Å². The molecule has 20 heavy (non-hydrogen) atoms. The van der Waals surface area contributed by atoms with Crippen molar-refractivity contribution in [3.8, 4) is 0 Å². The average Bonchev–Trinajstić information content (AvgIpc) is 2.48. The molecule has 1 atom stereocenters. The van der Waals surface area contributed by atoms with Gasteiger partial charge in [-0.2, -0.15) is 0 Å². The van der Waals surface area contributed by atoms with E-state index >= 15 is 0 Å². The first-order valence-corrected chi connectivity index (χ1v) is 7.56. The zero-order valence-electron chi connectivity index (χ0n) is 13.0. The minimum absolute atomic E-state index is 0.323. The summed E-state index contributed by atoms with van der Waals surface area (Å²) < 4.78 is 0. The largest absolute Gasteiger partial charge is 0.378 e. The Balaban J connectivity index is 2.13. The van der Waals surface area contributed by atoms with Gasteiger partial charge in [-0.1, -0.05) is 63.2 Å². The number of rotatable bonds is 5. The first-order valence-electron chi connectivity index (χ1n) is 7.56. The van der Waals surface area contributed by atoms with Crippen molar-refractivity contribution in [1.82, 2.24) is 0 Å². The highest BCUT2D eigenvalue weighted by molar-refractivity contribution is 5.52. The summed E-state index contributed by atoms with van der Waals surface area (Å²) in [5.74, 6) is 0.591. The van der Waals surface area contributed by atoms with E-state index in [4.69, 9.17) is 0 Å². The van der Waals surface area contributed by atoms with Crippen LogP contribution >= 0.6 is 0 Å². The molecule has 2 rings (SSSR count). The molecule has 0 amide bonds. The predicted octanol–water partition coefficient (Wildman–Crippen LogP) is 5.55. The Morgan fingerprint density at radius 1 is 0.850 bits per heavy atom. The first kappa shape index (κ1) is 14.6. The molecule has 1 unspecified atom stereocenters. The quantitative estimate of drug-likeness (QED) is 0.749. The molecule has 0 fully saturated rings. The Hall–Kier alpha value is -1.76. The average molecular weight is 267 g/mol. The Labute approximate surface area is 123 Å². The van der Waals surface area contributed by atoms with Gasteiger partial charge in [-0.15, -0.1) is 0 Å². The van der Waals surface area contributed by atoms with Crippen molar-refractivity contribution >= 4 is 5.69 Å². The lowest BCUT2D eigenvalue weighted by Gasteiger charge is -2.19. The van der Waals surface area contributed by atoms with Crippen LogP contribution in [0.15, 0.2) is 48.5 Å². The van der Waals surface area contributed by atoms with E-state index in [0.717, 1.165) is 6.42 Å². The maximum atomic E-state index is 3.63. The van der Waals surface area contributed by atoms with Crippen LogP contribution < -0.4 is 5.32 Å². The zero-order chi connectivity index (χ0) is 14.5. The Bertz CT molecular complexity index is 540. The van der Waals surface area contributed by atoms with Gasteiger partial charge in [0.05, 0.1) is 0 Å². The van der Waals surface area contributed by atoms with Crippen molar-refractivity contribution < 1.29 is 0 Å². The molecule has 1 nitrogen and oxygen atoms in total. The van der Waals surface area contributed by atoms with Crippen molar-refractivity contribution in [2.24, 2.45) is 0 Å². The van der Waals surface area contributed by atoms with Crippen LogP contribution in [0.4, 0.5) is 5.69 Å². The van der Waals surface area contributed by atoms with Gasteiger partial charge in [0.1, 0.15) is 0 Å². The highest BCUT2D eigenvalue weighted by atomic mass is 14.9. The van der Waals surface area contributed by atoms with Crippen LogP contribution in [0.25, 0.3) is 0 Å². The van der Waals surface area contributed by atoms with Crippen LogP contribution in [0, 0.1) is 0 Å². The van der Waals surface area contributed by atoms with Crippen molar-refractivity contribution in [1.29, 1.82) is 0 Å². The van der Waals surface area contributed by atoms with Crippen molar-refractivity contribution in [2.75, 3.05) is 5.32 Å². The summed E-state index contributed by atoms with van der Waals surface area (Å²) in [6, 6.07) is 17.8. The van der Waals surface area contributed by atoms with E-state index in [1.54, 1.807) is 0 Å². The molecule has 0 spiro atoms. The molecule has 106 valence electrons. The molecule has 0 saturated heterocycles. The zero-order valence-corrected chi connectivity index (χ0v) is 13.0. The number of anilines is 1. The fourth-order valence-corrected chi connectivity index (χ4v) is 2.46. The Morgan fingerprint density at radius 3 is 2.05 bits per heavy atom. The number of hydrogen-bond acceptors (Lipinski definition) is 1. The molecule has 0 saturated carbocycles. The molecule has 0 aliphatic rings. The van der Waals surface area contributed by atoms with Gasteiger partial charge in [0, 0.05) is 11.7 Å². The molecular weight excluding hydrogens is 242 g/mol. The maximum absolute atomic E-state index is 3.63. The third kappa shape index (κ3) is 3.41. The smallest absolute Gasteiger partial charge is 0.0485 e. The number of nitrogens with one attached hydrogen (secondary N) is 1.